The van der Waals surface area contributed by atoms with Crippen LogP contribution >= 0.6 is 0 Å². The second kappa shape index (κ2) is 8.47. The Morgan fingerprint density at radius 1 is 1.22 bits per heavy atom. The monoisotopic (exact) mass is 372 g/mol. The molecule has 1 N–H and O–H groups in total. The van der Waals surface area contributed by atoms with Crippen LogP contribution in [0.15, 0.2) is 16.7 Å². The predicted octanol–water partition coefficient (Wildman–Crippen LogP) is 2.18. The van der Waals surface area contributed by atoms with E-state index in [1.807, 2.05) is 32.0 Å². The predicted molar refractivity (Wildman–Crippen MR) is 103 cm³/mol. The molecule has 1 saturated heterocycles. The van der Waals surface area contributed by atoms with Crippen molar-refractivity contribution in [2.45, 2.75) is 45.2 Å². The van der Waals surface area contributed by atoms with Crippen LogP contribution in [0.4, 0.5) is 5.82 Å². The lowest BCUT2D eigenvalue weighted by molar-refractivity contribution is 0.0741. The van der Waals surface area contributed by atoms with E-state index >= 15 is 0 Å². The van der Waals surface area contributed by atoms with Gasteiger partial charge in [-0.25, -0.2) is 9.97 Å². The summed E-state index contributed by atoms with van der Waals surface area (Å²) in [5.74, 6) is 1.69. The molecule has 0 bridgehead atoms. The van der Waals surface area contributed by atoms with Crippen molar-refractivity contribution in [1.82, 2.24) is 25.3 Å². The lowest BCUT2D eigenvalue weighted by atomic mass is 10.0. The highest BCUT2D eigenvalue weighted by Crippen LogP contribution is 2.23. The van der Waals surface area contributed by atoms with Crippen LogP contribution in [0.2, 0.25) is 0 Å². The summed E-state index contributed by atoms with van der Waals surface area (Å²) in [5.41, 5.74) is 1.58. The zero-order chi connectivity index (χ0) is 19.4. The smallest absolute Gasteiger partial charge is 0.292 e. The van der Waals surface area contributed by atoms with Crippen LogP contribution in [0.25, 0.3) is 0 Å². The molecule has 1 aliphatic rings. The zero-order valence-electron chi connectivity index (χ0n) is 16.5. The Morgan fingerprint density at radius 2 is 2.04 bits per heavy atom. The van der Waals surface area contributed by atoms with E-state index < -0.39 is 0 Å². The van der Waals surface area contributed by atoms with Crippen molar-refractivity contribution in [1.29, 1.82) is 0 Å². The number of nitrogens with one attached hydrogen (secondary N) is 1. The molecule has 0 radical (unpaired) electrons. The Bertz CT molecular complexity index is 782. The third-order valence-electron chi connectivity index (χ3n) is 4.74. The Hall–Kier alpha value is -2.48. The van der Waals surface area contributed by atoms with E-state index in [1.54, 1.807) is 18.0 Å². The molecule has 0 saturated carbocycles. The normalized spacial score (nSPS) is 17.0. The van der Waals surface area contributed by atoms with Crippen LogP contribution in [0.1, 0.15) is 60.0 Å². The van der Waals surface area contributed by atoms with Crippen LogP contribution in [-0.4, -0.2) is 53.6 Å². The fraction of sp³-hybridized carbons (Fsp3) is 0.579. The van der Waals surface area contributed by atoms with Gasteiger partial charge in [-0.1, -0.05) is 18.5 Å². The van der Waals surface area contributed by atoms with Gasteiger partial charge in [0.25, 0.3) is 5.91 Å². The number of carbonyl (C=O) groups excluding carboxylic acids is 1. The maximum atomic E-state index is 12.6. The Morgan fingerprint density at radius 3 is 2.67 bits per heavy atom. The van der Waals surface area contributed by atoms with Crippen LogP contribution in [0.5, 0.6) is 0 Å². The first-order valence-corrected chi connectivity index (χ1v) is 9.47. The van der Waals surface area contributed by atoms with E-state index in [-0.39, 0.29) is 17.7 Å². The van der Waals surface area contributed by atoms with Crippen LogP contribution in [0, 0.1) is 0 Å². The molecule has 1 fully saturated rings. The molecule has 0 aromatic carbocycles. The Kier molecular flexibility index (Phi) is 6.05. The first-order valence-electron chi connectivity index (χ1n) is 9.47. The van der Waals surface area contributed by atoms with Gasteiger partial charge in [0.15, 0.2) is 0 Å². The molecule has 8 heteroatoms. The molecule has 146 valence electrons. The number of piperidine rings is 1. The minimum absolute atomic E-state index is 0.166. The minimum atomic E-state index is -0.204. The van der Waals surface area contributed by atoms with E-state index in [0.29, 0.717) is 6.54 Å². The van der Waals surface area contributed by atoms with E-state index in [2.05, 4.69) is 10.5 Å². The van der Waals surface area contributed by atoms with Crippen molar-refractivity contribution in [2.24, 2.45) is 0 Å². The van der Waals surface area contributed by atoms with E-state index in [4.69, 9.17) is 14.5 Å². The zero-order valence-corrected chi connectivity index (χ0v) is 16.5. The molecule has 1 unspecified atom stereocenters. The number of carbonyl (C=O) groups is 1. The molecule has 8 nitrogen and oxygen atoms in total. The number of nitrogens with zero attached hydrogens (tertiary/aromatic N) is 5. The molecule has 2 aromatic heterocycles. The number of aromatic nitrogens is 3. The van der Waals surface area contributed by atoms with Crippen LogP contribution in [0.3, 0.4) is 0 Å². The summed E-state index contributed by atoms with van der Waals surface area (Å²) in [6, 6.07) is 3.79. The third-order valence-corrected chi connectivity index (χ3v) is 4.74. The maximum Gasteiger partial charge on any atom is 0.292 e. The lowest BCUT2D eigenvalue weighted by Gasteiger charge is -2.24. The van der Waals surface area contributed by atoms with Gasteiger partial charge in [-0.2, -0.15) is 0 Å². The van der Waals surface area contributed by atoms with Crippen LogP contribution in [-0.2, 0) is 13.0 Å². The van der Waals surface area contributed by atoms with Gasteiger partial charge in [0.2, 0.25) is 5.76 Å². The molecule has 3 heterocycles. The molecule has 1 amide bonds. The number of aryl methyl sites for hydroxylation is 1. The van der Waals surface area contributed by atoms with Crippen molar-refractivity contribution in [3.63, 3.8) is 0 Å². The number of anilines is 1. The largest absolute Gasteiger partial charge is 0.363 e. The van der Waals surface area contributed by atoms with Gasteiger partial charge in [-0.15, -0.1) is 0 Å². The summed E-state index contributed by atoms with van der Waals surface area (Å²) in [5, 5.41) is 7.39. The van der Waals surface area contributed by atoms with Gasteiger partial charge in [0, 0.05) is 33.3 Å². The number of hydrogen-bond acceptors (Lipinski definition) is 7. The fourth-order valence-corrected chi connectivity index (χ4v) is 3.12. The van der Waals surface area contributed by atoms with Gasteiger partial charge in [-0.3, -0.25) is 4.79 Å². The fourth-order valence-electron chi connectivity index (χ4n) is 3.12. The number of hydrogen-bond donors (Lipinski definition) is 1. The number of amides is 1. The van der Waals surface area contributed by atoms with Crippen molar-refractivity contribution in [2.75, 3.05) is 32.6 Å². The molecular formula is C19H28N6O2. The van der Waals surface area contributed by atoms with E-state index in [1.165, 1.54) is 12.8 Å². The summed E-state index contributed by atoms with van der Waals surface area (Å²) < 4.78 is 5.16. The average molecular weight is 372 g/mol. The van der Waals surface area contributed by atoms with Gasteiger partial charge in [0.1, 0.15) is 11.6 Å². The Labute approximate surface area is 159 Å². The molecular weight excluding hydrogens is 344 g/mol. The second-order valence-corrected chi connectivity index (χ2v) is 7.17. The summed E-state index contributed by atoms with van der Waals surface area (Å²) >= 11 is 0. The minimum Gasteiger partial charge on any atom is -0.363 e. The standard InChI is InChI=1S/C19H28N6O2/c1-5-13-10-16(27-23-13)19(26)25(4)12-14-11-17(24(2)3)22-18(21-14)15-8-6-7-9-20-15/h10-11,15,20H,5-9,12H2,1-4H3. The third kappa shape index (κ3) is 4.63. The highest BCUT2D eigenvalue weighted by molar-refractivity contribution is 5.91. The molecule has 1 aliphatic heterocycles. The lowest BCUT2D eigenvalue weighted by Crippen LogP contribution is -2.30. The van der Waals surface area contributed by atoms with Gasteiger partial charge < -0.3 is 19.6 Å². The molecule has 3 rings (SSSR count). The van der Waals surface area contributed by atoms with Crippen molar-refractivity contribution < 1.29 is 9.32 Å². The van der Waals surface area contributed by atoms with Gasteiger partial charge in [-0.05, 0) is 25.8 Å². The first-order chi connectivity index (χ1) is 13.0. The van der Waals surface area contributed by atoms with Gasteiger partial charge in [0.05, 0.1) is 24.0 Å². The van der Waals surface area contributed by atoms with E-state index in [9.17, 15) is 4.79 Å². The quantitative estimate of drug-likeness (QED) is 0.831. The van der Waals surface area contributed by atoms with E-state index in [0.717, 1.165) is 42.4 Å². The topological polar surface area (TPSA) is 87.4 Å². The van der Waals surface area contributed by atoms with Crippen LogP contribution < -0.4 is 10.2 Å². The molecule has 2 aromatic rings. The first kappa shape index (κ1) is 19.3. The molecule has 1 atom stereocenters. The maximum absolute atomic E-state index is 12.6. The molecule has 0 aliphatic carbocycles. The van der Waals surface area contributed by atoms with Gasteiger partial charge >= 0.3 is 0 Å². The van der Waals surface area contributed by atoms with Crippen molar-refractivity contribution in [3.05, 3.63) is 35.1 Å². The number of rotatable bonds is 6. The van der Waals surface area contributed by atoms with Crippen molar-refractivity contribution in [3.8, 4) is 0 Å². The highest BCUT2D eigenvalue weighted by Gasteiger charge is 2.22. The second-order valence-electron chi connectivity index (χ2n) is 7.17. The molecule has 0 spiro atoms. The summed E-state index contributed by atoms with van der Waals surface area (Å²) in [6.07, 6.45) is 4.12. The summed E-state index contributed by atoms with van der Waals surface area (Å²) in [7, 11) is 5.66. The molecule has 27 heavy (non-hydrogen) atoms. The average Bonchev–Trinajstić information content (AvgIpc) is 3.17. The SMILES string of the molecule is CCc1cc(C(=O)N(C)Cc2cc(N(C)C)nc(C3CCCCN3)n2)on1. The van der Waals surface area contributed by atoms with Crippen molar-refractivity contribution >= 4 is 11.7 Å². The highest BCUT2D eigenvalue weighted by atomic mass is 16.5. The summed E-state index contributed by atoms with van der Waals surface area (Å²) in [4.78, 5) is 25.6. The Balaban J connectivity index is 1.79. The summed E-state index contributed by atoms with van der Waals surface area (Å²) in [6.45, 7) is 3.34.